The summed E-state index contributed by atoms with van der Waals surface area (Å²) < 4.78 is 1.66. The van der Waals surface area contributed by atoms with Gasteiger partial charge in [0.25, 0.3) is 0 Å². The molecule has 3 heterocycles. The lowest BCUT2D eigenvalue weighted by Gasteiger charge is -2.37. The number of nitrogens with zero attached hydrogens (tertiary/aromatic N) is 4. The number of fused-ring (bicyclic) bond motifs is 1. The number of benzene rings is 2. The summed E-state index contributed by atoms with van der Waals surface area (Å²) in [7, 11) is 0. The van der Waals surface area contributed by atoms with Crippen molar-refractivity contribution in [3.8, 4) is 0 Å². The Morgan fingerprint density at radius 2 is 1.75 bits per heavy atom. The van der Waals surface area contributed by atoms with Crippen molar-refractivity contribution in [2.75, 3.05) is 18.4 Å². The third-order valence-electron chi connectivity index (χ3n) is 6.75. The Morgan fingerprint density at radius 1 is 1.06 bits per heavy atom. The van der Waals surface area contributed by atoms with Crippen LogP contribution in [0.2, 0.25) is 5.02 Å². The summed E-state index contributed by atoms with van der Waals surface area (Å²) in [5.41, 5.74) is 2.17. The second-order valence-corrected chi connectivity index (χ2v) is 9.48. The predicted octanol–water partition coefficient (Wildman–Crippen LogP) is 4.18. The van der Waals surface area contributed by atoms with Gasteiger partial charge in [-0.2, -0.15) is 0 Å². The molecule has 36 heavy (non-hydrogen) atoms. The van der Waals surface area contributed by atoms with E-state index in [0.717, 1.165) is 5.69 Å². The normalized spacial score (nSPS) is 16.6. The highest BCUT2D eigenvalue weighted by atomic mass is 35.5. The van der Waals surface area contributed by atoms with Gasteiger partial charge < -0.3 is 20.4 Å². The van der Waals surface area contributed by atoms with Crippen LogP contribution < -0.4 is 10.6 Å². The van der Waals surface area contributed by atoms with E-state index >= 15 is 0 Å². The van der Waals surface area contributed by atoms with Gasteiger partial charge in [0.15, 0.2) is 0 Å². The maximum absolute atomic E-state index is 13.6. The van der Waals surface area contributed by atoms with Gasteiger partial charge >= 0.3 is 12.1 Å². The molecule has 9 nitrogen and oxygen atoms in total. The fraction of sp³-hybridized carbons (Fsp3) is 0.308. The molecular formula is C26H27ClN6O3. The molecule has 0 bridgehead atoms. The maximum Gasteiger partial charge on any atom is 0.330 e. The number of hydrogen-bond acceptors (Lipinski definition) is 4. The highest BCUT2D eigenvalue weighted by molar-refractivity contribution is 6.30. The largest absolute Gasteiger partial charge is 0.340 e. The number of amides is 4. The first-order valence-electron chi connectivity index (χ1n) is 11.9. The Hall–Kier alpha value is -3.85. The number of hydrogen-bond donors (Lipinski definition) is 2. The van der Waals surface area contributed by atoms with Crippen molar-refractivity contribution in [1.82, 2.24) is 24.7 Å². The molecule has 10 heteroatoms. The minimum atomic E-state index is -0.835. The Labute approximate surface area is 214 Å². The van der Waals surface area contributed by atoms with Crippen LogP contribution in [0.4, 0.5) is 15.3 Å². The molecule has 1 fully saturated rings. The number of carbonyl (C=O) groups is 3. The fourth-order valence-electron chi connectivity index (χ4n) is 4.87. The van der Waals surface area contributed by atoms with E-state index in [1.165, 1.54) is 0 Å². The monoisotopic (exact) mass is 506 g/mol. The summed E-state index contributed by atoms with van der Waals surface area (Å²) in [4.78, 5) is 47.1. The van der Waals surface area contributed by atoms with Crippen LogP contribution in [0.5, 0.6) is 0 Å². The molecule has 4 amide bonds. The summed E-state index contributed by atoms with van der Waals surface area (Å²) >= 11 is 5.92. The van der Waals surface area contributed by atoms with E-state index in [1.54, 1.807) is 39.9 Å². The minimum Gasteiger partial charge on any atom is -0.340 e. The maximum atomic E-state index is 13.6. The van der Waals surface area contributed by atoms with Gasteiger partial charge in [0.1, 0.15) is 11.9 Å². The second kappa shape index (κ2) is 10.0. The number of urea groups is 1. The Kier molecular flexibility index (Phi) is 6.65. The van der Waals surface area contributed by atoms with Crippen molar-refractivity contribution >= 4 is 35.3 Å². The highest BCUT2D eigenvalue weighted by Gasteiger charge is 2.37. The number of piperidine rings is 1. The first kappa shape index (κ1) is 23.9. The molecule has 1 saturated heterocycles. The minimum absolute atomic E-state index is 0.0486. The van der Waals surface area contributed by atoms with E-state index in [-0.39, 0.29) is 18.0 Å². The molecule has 1 aromatic heterocycles. The molecule has 0 saturated carbocycles. The van der Waals surface area contributed by atoms with Gasteiger partial charge in [-0.05, 0) is 49.6 Å². The lowest BCUT2D eigenvalue weighted by molar-refractivity contribution is -0.134. The first-order valence-corrected chi connectivity index (χ1v) is 12.3. The second-order valence-electron chi connectivity index (χ2n) is 9.05. The smallest absolute Gasteiger partial charge is 0.330 e. The van der Waals surface area contributed by atoms with Crippen molar-refractivity contribution in [2.45, 2.75) is 38.4 Å². The summed E-state index contributed by atoms with van der Waals surface area (Å²) in [6, 6.07) is 14.6. The molecule has 2 aromatic carbocycles. The number of anilines is 1. The van der Waals surface area contributed by atoms with E-state index in [0.29, 0.717) is 54.6 Å². The van der Waals surface area contributed by atoms with Crippen LogP contribution in [0, 0.1) is 6.92 Å². The average molecular weight is 507 g/mol. The quantitative estimate of drug-likeness (QED) is 0.542. The number of rotatable bonds is 5. The van der Waals surface area contributed by atoms with Crippen molar-refractivity contribution in [3.63, 3.8) is 0 Å². The van der Waals surface area contributed by atoms with Crippen molar-refractivity contribution < 1.29 is 14.4 Å². The van der Waals surface area contributed by atoms with E-state index in [4.69, 9.17) is 11.6 Å². The molecule has 2 aliphatic heterocycles. The van der Waals surface area contributed by atoms with Gasteiger partial charge in [-0.3, -0.25) is 9.36 Å². The lowest BCUT2D eigenvalue weighted by Crippen LogP contribution is -2.50. The standard InChI is InChI=1S/C26H27ClN6O3/c1-17-28-15-22-16-32(26(36)33(17)22)21-11-13-31(14-12-21)24(34)23(18-5-3-2-4-6-18)30-25(35)29-20-9-7-19(27)8-10-20/h2-10,15,21,23H,11-14,16H2,1H3,(H2,29,30,35). The molecule has 5 rings (SSSR count). The molecule has 2 aliphatic rings. The molecule has 0 spiro atoms. The van der Waals surface area contributed by atoms with Crippen molar-refractivity contribution in [1.29, 1.82) is 0 Å². The van der Waals surface area contributed by atoms with Crippen LogP contribution in [0.15, 0.2) is 60.8 Å². The van der Waals surface area contributed by atoms with Crippen LogP contribution in [0.25, 0.3) is 0 Å². The van der Waals surface area contributed by atoms with Gasteiger partial charge in [0, 0.05) is 29.8 Å². The fourth-order valence-corrected chi connectivity index (χ4v) is 4.99. The zero-order valence-corrected chi connectivity index (χ0v) is 20.6. The summed E-state index contributed by atoms with van der Waals surface area (Å²) in [5, 5.41) is 6.16. The summed E-state index contributed by atoms with van der Waals surface area (Å²) in [6.45, 7) is 3.37. The van der Waals surface area contributed by atoms with Crippen LogP contribution in [0.3, 0.4) is 0 Å². The number of likely N-dealkylation sites (tertiary alicyclic amines) is 1. The van der Waals surface area contributed by atoms with Gasteiger partial charge in [-0.15, -0.1) is 0 Å². The third kappa shape index (κ3) is 4.79. The Morgan fingerprint density at radius 3 is 2.42 bits per heavy atom. The van der Waals surface area contributed by atoms with Gasteiger partial charge in [0.2, 0.25) is 5.91 Å². The third-order valence-corrected chi connectivity index (χ3v) is 7.01. The summed E-state index contributed by atoms with van der Waals surface area (Å²) in [5.74, 6) is 0.517. The van der Waals surface area contributed by atoms with E-state index in [1.807, 2.05) is 42.2 Å². The van der Waals surface area contributed by atoms with E-state index < -0.39 is 12.1 Å². The van der Waals surface area contributed by atoms with E-state index in [9.17, 15) is 14.4 Å². The average Bonchev–Trinajstić information content (AvgIpc) is 3.43. The van der Waals surface area contributed by atoms with Crippen molar-refractivity contribution in [2.24, 2.45) is 0 Å². The zero-order valence-electron chi connectivity index (χ0n) is 19.9. The first-order chi connectivity index (χ1) is 17.4. The number of imidazole rings is 1. The number of aryl methyl sites for hydroxylation is 1. The SMILES string of the molecule is Cc1ncc2n1C(=O)N(C1CCN(C(=O)C(NC(=O)Nc3ccc(Cl)cc3)c3ccccc3)CC1)C2. The van der Waals surface area contributed by atoms with Crippen LogP contribution in [0.1, 0.15) is 36.0 Å². The molecule has 1 unspecified atom stereocenters. The number of carbonyl (C=O) groups excluding carboxylic acids is 3. The molecule has 1 atom stereocenters. The Bertz CT molecular complexity index is 1270. The molecular weight excluding hydrogens is 480 g/mol. The molecule has 0 aliphatic carbocycles. The van der Waals surface area contributed by atoms with E-state index in [2.05, 4.69) is 15.6 Å². The molecule has 0 radical (unpaired) electrons. The van der Waals surface area contributed by atoms with Gasteiger partial charge in [-0.25, -0.2) is 14.6 Å². The topological polar surface area (TPSA) is 99.6 Å². The van der Waals surface area contributed by atoms with Gasteiger partial charge in [0.05, 0.1) is 18.4 Å². The number of aromatic nitrogens is 2. The molecule has 186 valence electrons. The van der Waals surface area contributed by atoms with Crippen LogP contribution >= 0.6 is 11.6 Å². The van der Waals surface area contributed by atoms with Gasteiger partial charge in [-0.1, -0.05) is 41.9 Å². The highest BCUT2D eigenvalue weighted by Crippen LogP contribution is 2.27. The number of halogens is 1. The van der Waals surface area contributed by atoms with Crippen LogP contribution in [-0.2, 0) is 11.3 Å². The zero-order chi connectivity index (χ0) is 25.2. The molecule has 3 aromatic rings. The summed E-state index contributed by atoms with van der Waals surface area (Å²) in [6.07, 6.45) is 3.09. The Balaban J connectivity index is 1.24. The number of nitrogens with one attached hydrogen (secondary N) is 2. The van der Waals surface area contributed by atoms with Crippen molar-refractivity contribution in [3.05, 3.63) is 82.9 Å². The lowest BCUT2D eigenvalue weighted by atomic mass is 10.0. The molecule has 2 N–H and O–H groups in total. The predicted molar refractivity (Wildman–Crippen MR) is 136 cm³/mol. The van der Waals surface area contributed by atoms with Crippen LogP contribution in [-0.4, -0.2) is 56.5 Å².